The van der Waals surface area contributed by atoms with Gasteiger partial charge in [0.05, 0.1) is 10.6 Å². The molecule has 5 heteroatoms. The Hall–Kier alpha value is -2.79. The maximum atomic E-state index is 13.7. The van der Waals surface area contributed by atoms with Crippen molar-refractivity contribution >= 4 is 45.5 Å². The Kier molecular flexibility index (Phi) is 6.64. The lowest BCUT2D eigenvalue weighted by molar-refractivity contribution is -0.124. The number of rotatable bonds is 5. The van der Waals surface area contributed by atoms with Crippen LogP contribution < -0.4 is 0 Å². The summed E-state index contributed by atoms with van der Waals surface area (Å²) in [5.74, 6) is 0.0993. The molecule has 5 rings (SSSR count). The second-order valence-corrected chi connectivity index (χ2v) is 10.6. The number of aromatic nitrogens is 1. The monoisotopic (exact) mass is 471 g/mol. The number of fused-ring (bicyclic) bond motifs is 1. The van der Waals surface area contributed by atoms with E-state index in [0.29, 0.717) is 6.04 Å². The van der Waals surface area contributed by atoms with Crippen molar-refractivity contribution in [2.75, 3.05) is 0 Å². The number of aliphatic imine (C=N–C) groups is 1. The van der Waals surface area contributed by atoms with E-state index < -0.39 is 0 Å². The minimum absolute atomic E-state index is 0.0993. The maximum Gasteiger partial charge on any atom is 0.267 e. The van der Waals surface area contributed by atoms with Crippen LogP contribution in [0.4, 0.5) is 5.69 Å². The molecular weight excluding hydrogens is 438 g/mol. The van der Waals surface area contributed by atoms with E-state index in [1.54, 1.807) is 0 Å². The molecule has 2 aromatic carbocycles. The summed E-state index contributed by atoms with van der Waals surface area (Å²) in [6.07, 6.45) is 11.0. The van der Waals surface area contributed by atoms with E-state index in [9.17, 15) is 4.79 Å². The average Bonchev–Trinajstić information content (AvgIpc) is 3.38. The van der Waals surface area contributed by atoms with Gasteiger partial charge in [-0.05, 0) is 74.7 Å². The number of benzene rings is 2. The van der Waals surface area contributed by atoms with E-state index in [2.05, 4.69) is 86.1 Å². The van der Waals surface area contributed by atoms with E-state index in [-0.39, 0.29) is 11.9 Å². The zero-order valence-electron chi connectivity index (χ0n) is 20.3. The summed E-state index contributed by atoms with van der Waals surface area (Å²) in [4.78, 5) is 21.5. The number of thioether (sulfide) groups is 1. The summed E-state index contributed by atoms with van der Waals surface area (Å²) >= 11 is 1.52. The van der Waals surface area contributed by atoms with Crippen LogP contribution in [-0.4, -0.2) is 26.6 Å². The summed E-state index contributed by atoms with van der Waals surface area (Å²) in [7, 11) is 0. The van der Waals surface area contributed by atoms with E-state index in [4.69, 9.17) is 4.99 Å². The van der Waals surface area contributed by atoms with Crippen molar-refractivity contribution < 1.29 is 4.79 Å². The molecule has 3 aromatic rings. The SMILES string of the molecule is CCc1ccc(N=C2S/C(=C/c3cn(C(C)C)c4ccccc34)C(=O)N2C2CCCCC2)cc1. The Bertz CT molecular complexity index is 1250. The molecule has 0 radical (unpaired) electrons. The molecule has 34 heavy (non-hydrogen) atoms. The largest absolute Gasteiger partial charge is 0.344 e. The van der Waals surface area contributed by atoms with Crippen molar-refractivity contribution in [2.24, 2.45) is 4.99 Å². The average molecular weight is 472 g/mol. The minimum Gasteiger partial charge on any atom is -0.344 e. The molecule has 2 fully saturated rings. The number of amidine groups is 1. The van der Waals surface area contributed by atoms with Crippen molar-refractivity contribution in [1.82, 2.24) is 9.47 Å². The molecule has 0 spiro atoms. The number of hydrogen-bond acceptors (Lipinski definition) is 3. The first-order valence-corrected chi connectivity index (χ1v) is 13.4. The number of amides is 1. The topological polar surface area (TPSA) is 37.6 Å². The molecule has 176 valence electrons. The number of carbonyl (C=O) groups excluding carboxylic acids is 1. The van der Waals surface area contributed by atoms with Crippen molar-refractivity contribution in [3.8, 4) is 0 Å². The first-order chi connectivity index (χ1) is 16.5. The molecule has 1 saturated carbocycles. The fourth-order valence-electron chi connectivity index (χ4n) is 5.06. The smallest absolute Gasteiger partial charge is 0.267 e. The van der Waals surface area contributed by atoms with E-state index in [1.807, 2.05) is 4.90 Å². The van der Waals surface area contributed by atoms with Crippen LogP contribution in [0.3, 0.4) is 0 Å². The third kappa shape index (κ3) is 4.46. The van der Waals surface area contributed by atoms with Crippen molar-refractivity contribution in [3.05, 3.63) is 70.8 Å². The number of para-hydroxylation sites is 1. The molecule has 0 bridgehead atoms. The van der Waals surface area contributed by atoms with Crippen molar-refractivity contribution in [2.45, 2.75) is 71.4 Å². The van der Waals surface area contributed by atoms with Crippen LogP contribution in [0.25, 0.3) is 17.0 Å². The highest BCUT2D eigenvalue weighted by atomic mass is 32.2. The van der Waals surface area contributed by atoms with Crippen LogP contribution in [0.15, 0.2) is 64.6 Å². The molecule has 1 aliphatic heterocycles. The molecular formula is C29H33N3OS. The fourth-order valence-corrected chi connectivity index (χ4v) is 6.11. The zero-order chi connectivity index (χ0) is 23.7. The van der Waals surface area contributed by atoms with Gasteiger partial charge in [-0.25, -0.2) is 4.99 Å². The number of hydrogen-bond donors (Lipinski definition) is 0. The van der Waals surface area contributed by atoms with Gasteiger partial charge in [-0.1, -0.05) is 56.5 Å². The molecule has 2 aliphatic rings. The third-order valence-corrected chi connectivity index (χ3v) is 7.94. The molecule has 1 aromatic heterocycles. The predicted molar refractivity (Wildman–Crippen MR) is 145 cm³/mol. The zero-order valence-corrected chi connectivity index (χ0v) is 21.1. The van der Waals surface area contributed by atoms with Crippen LogP contribution in [0.1, 0.15) is 70.0 Å². The molecule has 0 N–H and O–H groups in total. The van der Waals surface area contributed by atoms with Gasteiger partial charge in [0, 0.05) is 34.7 Å². The van der Waals surface area contributed by atoms with E-state index in [1.165, 1.54) is 47.5 Å². The number of nitrogens with zero attached hydrogens (tertiary/aromatic N) is 3. The van der Waals surface area contributed by atoms with Gasteiger partial charge in [-0.2, -0.15) is 0 Å². The summed E-state index contributed by atoms with van der Waals surface area (Å²) in [6, 6.07) is 17.4. The Morgan fingerprint density at radius 2 is 1.79 bits per heavy atom. The molecule has 0 atom stereocenters. The van der Waals surface area contributed by atoms with Crippen molar-refractivity contribution in [1.29, 1.82) is 0 Å². The summed E-state index contributed by atoms with van der Waals surface area (Å²) in [6.45, 7) is 6.54. The fraction of sp³-hybridized carbons (Fsp3) is 0.379. The quantitative estimate of drug-likeness (QED) is 0.357. The van der Waals surface area contributed by atoms with Gasteiger partial charge in [-0.15, -0.1) is 0 Å². The minimum atomic E-state index is 0.0993. The molecule has 1 saturated heterocycles. The Morgan fingerprint density at radius 3 is 2.50 bits per heavy atom. The highest BCUT2D eigenvalue weighted by Crippen LogP contribution is 2.39. The van der Waals surface area contributed by atoms with Gasteiger partial charge in [0.15, 0.2) is 5.17 Å². The Balaban J connectivity index is 1.55. The Morgan fingerprint density at radius 1 is 1.06 bits per heavy atom. The number of aryl methyl sites for hydroxylation is 1. The molecule has 2 heterocycles. The first kappa shape index (κ1) is 23.0. The normalized spacial score (nSPS) is 19.9. The lowest BCUT2D eigenvalue weighted by Gasteiger charge is -2.30. The Labute approximate surface area is 206 Å². The van der Waals surface area contributed by atoms with Gasteiger partial charge in [0.2, 0.25) is 0 Å². The molecule has 0 unspecified atom stereocenters. The molecule has 1 aliphatic carbocycles. The third-order valence-electron chi connectivity index (χ3n) is 6.96. The lowest BCUT2D eigenvalue weighted by atomic mass is 9.94. The first-order valence-electron chi connectivity index (χ1n) is 12.6. The highest BCUT2D eigenvalue weighted by molar-refractivity contribution is 8.18. The number of carbonyl (C=O) groups is 1. The van der Waals surface area contributed by atoms with E-state index >= 15 is 0 Å². The van der Waals surface area contributed by atoms with Crippen LogP contribution in [0.2, 0.25) is 0 Å². The van der Waals surface area contributed by atoms with Crippen LogP contribution >= 0.6 is 11.8 Å². The lowest BCUT2D eigenvalue weighted by Crippen LogP contribution is -2.40. The predicted octanol–water partition coefficient (Wildman–Crippen LogP) is 7.72. The van der Waals surface area contributed by atoms with Gasteiger partial charge in [0.1, 0.15) is 0 Å². The van der Waals surface area contributed by atoms with E-state index in [0.717, 1.165) is 40.6 Å². The summed E-state index contributed by atoms with van der Waals surface area (Å²) < 4.78 is 2.29. The van der Waals surface area contributed by atoms with Gasteiger partial charge < -0.3 is 4.57 Å². The second-order valence-electron chi connectivity index (χ2n) is 9.59. The summed E-state index contributed by atoms with van der Waals surface area (Å²) in [5.41, 5.74) is 4.50. The van der Waals surface area contributed by atoms with Gasteiger partial charge in [-0.3, -0.25) is 9.69 Å². The standard InChI is InChI=1S/C29H33N3OS/c1-4-21-14-16-23(17-15-21)30-29-32(24-10-6-5-7-11-24)28(33)27(34-29)18-22-19-31(20(2)3)26-13-9-8-12-25(22)26/h8-9,12-20,24H,4-7,10-11H2,1-3H3/b27-18+,30-29?. The summed E-state index contributed by atoms with van der Waals surface area (Å²) in [5, 5.41) is 2.00. The van der Waals surface area contributed by atoms with Crippen LogP contribution in [-0.2, 0) is 11.2 Å². The highest BCUT2D eigenvalue weighted by Gasteiger charge is 2.38. The van der Waals surface area contributed by atoms with Gasteiger partial charge >= 0.3 is 0 Å². The van der Waals surface area contributed by atoms with Crippen LogP contribution in [0, 0.1) is 0 Å². The maximum absolute atomic E-state index is 13.7. The van der Waals surface area contributed by atoms with Gasteiger partial charge in [0.25, 0.3) is 5.91 Å². The molecule has 4 nitrogen and oxygen atoms in total. The molecule has 1 amide bonds. The second kappa shape index (κ2) is 9.83. The van der Waals surface area contributed by atoms with Crippen molar-refractivity contribution in [3.63, 3.8) is 0 Å². The van der Waals surface area contributed by atoms with Crippen LogP contribution in [0.5, 0.6) is 0 Å².